The van der Waals surface area contributed by atoms with Gasteiger partial charge in [0, 0.05) is 18.3 Å². The minimum absolute atomic E-state index is 0.0344. The SMILES string of the molecule is CC(CCc1ccccc1)NC(=O)CC(C(=O)N1CCc2ccccc21)[n+]1cc[nH]c1. The normalized spacial score (nSPS) is 14.7. The molecule has 2 aromatic carbocycles. The molecule has 1 aliphatic rings. The topological polar surface area (TPSA) is 69.1 Å². The van der Waals surface area contributed by atoms with Crippen molar-refractivity contribution in [3.8, 4) is 0 Å². The Kier molecular flexibility index (Phi) is 6.46. The van der Waals surface area contributed by atoms with Crippen molar-refractivity contribution in [2.24, 2.45) is 0 Å². The number of H-pyrrole nitrogens is 1. The lowest BCUT2D eigenvalue weighted by Gasteiger charge is -2.22. The Morgan fingerprint density at radius 1 is 1.13 bits per heavy atom. The van der Waals surface area contributed by atoms with Crippen molar-refractivity contribution in [3.63, 3.8) is 0 Å². The molecule has 31 heavy (non-hydrogen) atoms. The third-order valence-corrected chi connectivity index (χ3v) is 5.86. The zero-order chi connectivity index (χ0) is 21.6. The molecule has 2 N–H and O–H groups in total. The van der Waals surface area contributed by atoms with Gasteiger partial charge in [-0.05, 0) is 43.4 Å². The standard InChI is InChI=1S/C25H28N4O2/c1-19(11-12-20-7-3-2-4-8-20)27-24(30)17-23(28-16-14-26-18-28)25(31)29-15-13-21-9-5-6-10-22(21)29/h2-10,14,16,18-19,23H,11-13,15,17H2,1H3,(H,27,30)/p+1. The lowest BCUT2D eigenvalue weighted by atomic mass is 10.1. The maximum Gasteiger partial charge on any atom is 0.272 e. The maximum absolute atomic E-state index is 13.4. The Bertz CT molecular complexity index is 1020. The molecule has 2 heterocycles. The van der Waals surface area contributed by atoms with E-state index < -0.39 is 6.04 Å². The second kappa shape index (κ2) is 9.60. The number of fused-ring (bicyclic) bond motifs is 1. The van der Waals surface area contributed by atoms with Gasteiger partial charge in [0.2, 0.25) is 12.2 Å². The zero-order valence-corrected chi connectivity index (χ0v) is 17.8. The molecule has 3 aromatic rings. The Balaban J connectivity index is 1.40. The molecule has 6 nitrogen and oxygen atoms in total. The summed E-state index contributed by atoms with van der Waals surface area (Å²) >= 11 is 0. The number of carbonyl (C=O) groups excluding carboxylic acids is 2. The highest BCUT2D eigenvalue weighted by Gasteiger charge is 2.35. The summed E-state index contributed by atoms with van der Waals surface area (Å²) < 4.78 is 1.79. The Morgan fingerprint density at radius 2 is 1.90 bits per heavy atom. The van der Waals surface area contributed by atoms with Crippen molar-refractivity contribution in [2.75, 3.05) is 11.4 Å². The molecule has 2 amide bonds. The van der Waals surface area contributed by atoms with E-state index in [2.05, 4.69) is 28.5 Å². The van der Waals surface area contributed by atoms with Crippen LogP contribution in [-0.2, 0) is 22.4 Å². The highest BCUT2D eigenvalue weighted by atomic mass is 16.2. The van der Waals surface area contributed by atoms with E-state index in [9.17, 15) is 9.59 Å². The van der Waals surface area contributed by atoms with Crippen molar-refractivity contribution < 1.29 is 14.2 Å². The second-order valence-corrected chi connectivity index (χ2v) is 8.14. The van der Waals surface area contributed by atoms with Gasteiger partial charge in [0.25, 0.3) is 5.91 Å². The molecule has 6 heteroatoms. The molecule has 0 spiro atoms. The fourth-order valence-corrected chi connectivity index (χ4v) is 4.17. The third kappa shape index (κ3) is 5.02. The number of carbonyl (C=O) groups is 2. The fraction of sp³-hybridized carbons (Fsp3) is 0.320. The number of nitrogens with zero attached hydrogens (tertiary/aromatic N) is 2. The van der Waals surface area contributed by atoms with Crippen LogP contribution < -0.4 is 14.8 Å². The summed E-state index contributed by atoms with van der Waals surface area (Å²) in [6.45, 7) is 2.66. The van der Waals surface area contributed by atoms with Crippen LogP contribution in [0.5, 0.6) is 0 Å². The van der Waals surface area contributed by atoms with Gasteiger partial charge in [0.15, 0.2) is 6.04 Å². The summed E-state index contributed by atoms with van der Waals surface area (Å²) in [5.74, 6) is -0.165. The molecule has 0 bridgehead atoms. The summed E-state index contributed by atoms with van der Waals surface area (Å²) in [5.41, 5.74) is 3.38. The maximum atomic E-state index is 13.4. The number of para-hydroxylation sites is 1. The van der Waals surface area contributed by atoms with Crippen LogP contribution in [0.1, 0.15) is 36.9 Å². The van der Waals surface area contributed by atoms with Gasteiger partial charge < -0.3 is 10.2 Å². The van der Waals surface area contributed by atoms with Gasteiger partial charge in [-0.3, -0.25) is 14.6 Å². The summed E-state index contributed by atoms with van der Waals surface area (Å²) in [7, 11) is 0. The van der Waals surface area contributed by atoms with Crippen LogP contribution in [0.3, 0.4) is 0 Å². The quantitative estimate of drug-likeness (QED) is 0.554. The van der Waals surface area contributed by atoms with E-state index in [1.165, 1.54) is 11.1 Å². The number of anilines is 1. The van der Waals surface area contributed by atoms with Crippen LogP contribution in [0, 0.1) is 0 Å². The van der Waals surface area contributed by atoms with E-state index in [0.29, 0.717) is 6.54 Å². The zero-order valence-electron chi connectivity index (χ0n) is 17.8. The Morgan fingerprint density at radius 3 is 2.68 bits per heavy atom. The summed E-state index contributed by atoms with van der Waals surface area (Å²) in [6.07, 6.45) is 8.00. The van der Waals surface area contributed by atoms with Crippen LogP contribution in [0.15, 0.2) is 73.3 Å². The molecule has 0 saturated carbocycles. The summed E-state index contributed by atoms with van der Waals surface area (Å²) in [4.78, 5) is 31.1. The van der Waals surface area contributed by atoms with Crippen LogP contribution in [0.4, 0.5) is 5.69 Å². The Labute approximate surface area is 182 Å². The van der Waals surface area contributed by atoms with Crippen LogP contribution in [0.2, 0.25) is 0 Å². The molecule has 0 aliphatic carbocycles. The summed E-state index contributed by atoms with van der Waals surface area (Å²) in [5, 5.41) is 3.07. The average Bonchev–Trinajstić information content (AvgIpc) is 3.46. The van der Waals surface area contributed by atoms with Crippen molar-refractivity contribution >= 4 is 17.5 Å². The van der Waals surface area contributed by atoms with Crippen molar-refractivity contribution in [2.45, 2.75) is 44.7 Å². The van der Waals surface area contributed by atoms with Gasteiger partial charge >= 0.3 is 0 Å². The minimum Gasteiger partial charge on any atom is -0.353 e. The first kappa shape index (κ1) is 20.8. The van der Waals surface area contributed by atoms with Crippen LogP contribution in [-0.4, -0.2) is 29.4 Å². The van der Waals surface area contributed by atoms with E-state index in [1.54, 1.807) is 23.3 Å². The molecule has 4 rings (SSSR count). The molecule has 2 atom stereocenters. The molecule has 0 saturated heterocycles. The van der Waals surface area contributed by atoms with E-state index in [-0.39, 0.29) is 24.3 Å². The van der Waals surface area contributed by atoms with E-state index in [4.69, 9.17) is 0 Å². The highest BCUT2D eigenvalue weighted by molar-refractivity contribution is 5.99. The number of hydrogen-bond acceptors (Lipinski definition) is 2. The third-order valence-electron chi connectivity index (χ3n) is 5.86. The molecule has 2 unspecified atom stereocenters. The number of imidazole rings is 1. The molecule has 160 valence electrons. The van der Waals surface area contributed by atoms with Gasteiger partial charge in [-0.1, -0.05) is 48.5 Å². The minimum atomic E-state index is -0.585. The predicted octanol–water partition coefficient (Wildman–Crippen LogP) is 2.96. The van der Waals surface area contributed by atoms with Gasteiger partial charge in [-0.15, -0.1) is 0 Å². The smallest absolute Gasteiger partial charge is 0.272 e. The molecule has 0 fully saturated rings. The van der Waals surface area contributed by atoms with E-state index in [0.717, 1.165) is 24.9 Å². The number of rotatable bonds is 8. The number of nitrogens with one attached hydrogen (secondary N) is 2. The van der Waals surface area contributed by atoms with Crippen LogP contribution in [0.25, 0.3) is 0 Å². The molecule has 1 aromatic heterocycles. The largest absolute Gasteiger partial charge is 0.353 e. The number of aromatic nitrogens is 2. The molecule has 1 aliphatic heterocycles. The molecular formula is C25H29N4O2+. The first-order valence-electron chi connectivity index (χ1n) is 10.9. The van der Waals surface area contributed by atoms with Gasteiger partial charge in [0.1, 0.15) is 12.4 Å². The Hall–Kier alpha value is -3.41. The van der Waals surface area contributed by atoms with Crippen molar-refractivity contribution in [3.05, 3.63) is 84.4 Å². The van der Waals surface area contributed by atoms with Crippen molar-refractivity contribution in [1.29, 1.82) is 0 Å². The van der Waals surface area contributed by atoms with Crippen LogP contribution >= 0.6 is 0 Å². The fourth-order valence-electron chi connectivity index (χ4n) is 4.17. The van der Waals surface area contributed by atoms with Gasteiger partial charge in [0.05, 0.1) is 6.42 Å². The van der Waals surface area contributed by atoms with Gasteiger partial charge in [-0.25, -0.2) is 4.57 Å². The lowest BCUT2D eigenvalue weighted by molar-refractivity contribution is -0.706. The number of benzene rings is 2. The van der Waals surface area contributed by atoms with E-state index in [1.807, 2.05) is 48.2 Å². The number of aryl methyl sites for hydroxylation is 1. The molecular weight excluding hydrogens is 388 g/mol. The summed E-state index contributed by atoms with van der Waals surface area (Å²) in [6, 6.07) is 17.7. The van der Waals surface area contributed by atoms with Gasteiger partial charge in [-0.2, -0.15) is 0 Å². The number of aromatic amines is 1. The average molecular weight is 418 g/mol. The first-order valence-corrected chi connectivity index (χ1v) is 10.9. The predicted molar refractivity (Wildman–Crippen MR) is 120 cm³/mol. The van der Waals surface area contributed by atoms with Crippen molar-refractivity contribution in [1.82, 2.24) is 10.3 Å². The highest BCUT2D eigenvalue weighted by Crippen LogP contribution is 2.29. The number of amides is 2. The number of hydrogen-bond donors (Lipinski definition) is 2. The first-order chi connectivity index (χ1) is 15.1. The molecule has 0 radical (unpaired) electrons. The second-order valence-electron chi connectivity index (χ2n) is 8.14. The van der Waals surface area contributed by atoms with E-state index >= 15 is 0 Å². The lowest BCUT2D eigenvalue weighted by Crippen LogP contribution is -2.50. The monoisotopic (exact) mass is 417 g/mol.